The first-order valence-electron chi connectivity index (χ1n) is 4.13. The van der Waals surface area contributed by atoms with Crippen LogP contribution in [0.3, 0.4) is 0 Å². The predicted molar refractivity (Wildman–Crippen MR) is 55.7 cm³/mol. The molecule has 2 amide bonds. The number of hydrogen-bond acceptors (Lipinski definition) is 3. The van der Waals surface area contributed by atoms with E-state index in [2.05, 4.69) is 0 Å². The van der Waals surface area contributed by atoms with Gasteiger partial charge in [0.25, 0.3) is 0 Å². The molecule has 0 aromatic rings. The molecule has 0 atom stereocenters. The first-order valence-corrected chi connectivity index (χ1v) is 5.52. The van der Waals surface area contributed by atoms with Crippen molar-refractivity contribution in [3.63, 3.8) is 0 Å². The van der Waals surface area contributed by atoms with Crippen LogP contribution in [0.2, 0.25) is 0 Å². The highest BCUT2D eigenvalue weighted by atomic mass is 32.2. The Morgan fingerprint density at radius 2 is 1.77 bits per heavy atom. The lowest BCUT2D eigenvalue weighted by atomic mass is 10.1. The van der Waals surface area contributed by atoms with E-state index in [0.29, 0.717) is 5.75 Å². The summed E-state index contributed by atoms with van der Waals surface area (Å²) in [6.07, 6.45) is 1.85. The third kappa shape index (κ3) is 3.81. The van der Waals surface area contributed by atoms with Crippen LogP contribution >= 0.6 is 11.8 Å². The number of imide groups is 1. The molecular formula is C9H17NO2S. The van der Waals surface area contributed by atoms with Crippen molar-refractivity contribution in [1.82, 2.24) is 4.90 Å². The van der Waals surface area contributed by atoms with E-state index >= 15 is 0 Å². The molecule has 0 aliphatic heterocycles. The van der Waals surface area contributed by atoms with Gasteiger partial charge in [0.05, 0.1) is 5.75 Å². The minimum absolute atomic E-state index is 0.118. The molecule has 0 spiro atoms. The van der Waals surface area contributed by atoms with Gasteiger partial charge in [-0.05, 0) is 27.0 Å². The van der Waals surface area contributed by atoms with Crippen molar-refractivity contribution in [3.8, 4) is 0 Å². The van der Waals surface area contributed by atoms with Crippen LogP contribution in [0.25, 0.3) is 0 Å². The molecule has 0 saturated carbocycles. The lowest BCUT2D eigenvalue weighted by molar-refractivity contribution is -0.147. The van der Waals surface area contributed by atoms with Gasteiger partial charge < -0.3 is 0 Å². The molecule has 3 nitrogen and oxygen atoms in total. The average Bonchev–Trinajstić information content (AvgIpc) is 1.82. The molecule has 0 unspecified atom stereocenters. The number of carbonyl (C=O) groups is 2. The van der Waals surface area contributed by atoms with Crippen LogP contribution in [0.5, 0.6) is 0 Å². The molecule has 0 saturated heterocycles. The van der Waals surface area contributed by atoms with Gasteiger partial charge in [-0.3, -0.25) is 14.5 Å². The Morgan fingerprint density at radius 3 is 2.00 bits per heavy atom. The zero-order valence-corrected chi connectivity index (χ0v) is 9.70. The minimum atomic E-state index is -0.418. The van der Waals surface area contributed by atoms with E-state index in [4.69, 9.17) is 0 Å². The van der Waals surface area contributed by atoms with E-state index in [9.17, 15) is 9.59 Å². The summed E-state index contributed by atoms with van der Waals surface area (Å²) >= 11 is 1.43. The zero-order valence-electron chi connectivity index (χ0n) is 8.88. The number of carbonyl (C=O) groups excluding carboxylic acids is 2. The summed E-state index contributed by atoms with van der Waals surface area (Å²) in [7, 11) is 0. The van der Waals surface area contributed by atoms with E-state index in [1.165, 1.54) is 23.6 Å². The lowest BCUT2D eigenvalue weighted by Crippen LogP contribution is -2.49. The van der Waals surface area contributed by atoms with E-state index in [1.54, 1.807) is 0 Å². The van der Waals surface area contributed by atoms with Crippen LogP contribution < -0.4 is 0 Å². The Labute approximate surface area is 83.9 Å². The molecule has 0 aliphatic rings. The van der Waals surface area contributed by atoms with Crippen molar-refractivity contribution in [3.05, 3.63) is 0 Å². The average molecular weight is 203 g/mol. The zero-order chi connectivity index (χ0) is 10.6. The van der Waals surface area contributed by atoms with Crippen LogP contribution in [0.15, 0.2) is 0 Å². The van der Waals surface area contributed by atoms with E-state index in [1.807, 2.05) is 27.0 Å². The molecule has 0 aliphatic carbocycles. The van der Waals surface area contributed by atoms with Crippen LogP contribution in [0, 0.1) is 0 Å². The summed E-state index contributed by atoms with van der Waals surface area (Å²) in [5.74, 6) is 0.0516. The summed E-state index contributed by atoms with van der Waals surface area (Å²) in [4.78, 5) is 24.0. The maximum atomic E-state index is 11.5. The van der Waals surface area contributed by atoms with E-state index < -0.39 is 5.54 Å². The van der Waals surface area contributed by atoms with Gasteiger partial charge in [-0.15, -0.1) is 0 Å². The fourth-order valence-electron chi connectivity index (χ4n) is 1.21. The summed E-state index contributed by atoms with van der Waals surface area (Å²) in [6, 6.07) is 0. The fourth-order valence-corrected chi connectivity index (χ4v) is 1.59. The van der Waals surface area contributed by atoms with Gasteiger partial charge in [-0.1, -0.05) is 0 Å². The predicted octanol–water partition coefficient (Wildman–Crippen LogP) is 1.52. The van der Waals surface area contributed by atoms with Crippen molar-refractivity contribution in [1.29, 1.82) is 0 Å². The van der Waals surface area contributed by atoms with Crippen LogP contribution in [-0.4, -0.2) is 34.3 Å². The number of hydrogen-bond donors (Lipinski definition) is 0. The van der Waals surface area contributed by atoms with Crippen molar-refractivity contribution >= 4 is 23.6 Å². The van der Waals surface area contributed by atoms with Crippen molar-refractivity contribution < 1.29 is 9.59 Å². The second-order valence-corrected chi connectivity index (χ2v) is 4.72. The van der Waals surface area contributed by atoms with Gasteiger partial charge in [-0.2, -0.15) is 11.8 Å². The number of nitrogens with zero attached hydrogens (tertiary/aromatic N) is 1. The van der Waals surface area contributed by atoms with Gasteiger partial charge >= 0.3 is 0 Å². The van der Waals surface area contributed by atoms with Crippen LogP contribution in [0.4, 0.5) is 0 Å². The van der Waals surface area contributed by atoms with Crippen molar-refractivity contribution in [2.24, 2.45) is 0 Å². The number of thioether (sulfide) groups is 1. The minimum Gasteiger partial charge on any atom is -0.277 e. The smallest absolute Gasteiger partial charge is 0.239 e. The van der Waals surface area contributed by atoms with Gasteiger partial charge in [0.15, 0.2) is 0 Å². The Kier molecular flexibility index (Phi) is 4.47. The molecule has 0 fully saturated rings. The SMILES string of the molecule is CSCC(=O)N(C(C)=O)C(C)(C)C. The fraction of sp³-hybridized carbons (Fsp3) is 0.778. The first-order chi connectivity index (χ1) is 5.80. The highest BCUT2D eigenvalue weighted by Crippen LogP contribution is 2.14. The summed E-state index contributed by atoms with van der Waals surface area (Å²) in [5.41, 5.74) is -0.418. The van der Waals surface area contributed by atoms with Gasteiger partial charge in [0.2, 0.25) is 11.8 Å². The Bertz CT molecular complexity index is 208. The van der Waals surface area contributed by atoms with E-state index in [0.717, 1.165) is 0 Å². The third-order valence-corrected chi connectivity index (χ3v) is 2.04. The highest BCUT2D eigenvalue weighted by Gasteiger charge is 2.29. The molecular weight excluding hydrogens is 186 g/mol. The number of amides is 2. The third-order valence-electron chi connectivity index (χ3n) is 1.50. The quantitative estimate of drug-likeness (QED) is 0.683. The van der Waals surface area contributed by atoms with Crippen LogP contribution in [-0.2, 0) is 9.59 Å². The van der Waals surface area contributed by atoms with Gasteiger partial charge in [0, 0.05) is 12.5 Å². The molecule has 0 aromatic carbocycles. The summed E-state index contributed by atoms with van der Waals surface area (Å²) < 4.78 is 0. The Morgan fingerprint density at radius 1 is 1.31 bits per heavy atom. The highest BCUT2D eigenvalue weighted by molar-refractivity contribution is 7.99. The maximum Gasteiger partial charge on any atom is 0.239 e. The topological polar surface area (TPSA) is 37.4 Å². The molecule has 0 radical (unpaired) electrons. The molecule has 76 valence electrons. The Hall–Kier alpha value is -0.510. The summed E-state index contributed by atoms with van der Waals surface area (Å²) in [6.45, 7) is 6.98. The monoisotopic (exact) mass is 203 g/mol. The second kappa shape index (κ2) is 4.65. The largest absolute Gasteiger partial charge is 0.277 e. The molecule has 4 heteroatoms. The first kappa shape index (κ1) is 12.5. The molecule has 0 rings (SSSR count). The van der Waals surface area contributed by atoms with Crippen molar-refractivity contribution in [2.75, 3.05) is 12.0 Å². The van der Waals surface area contributed by atoms with Gasteiger partial charge in [-0.25, -0.2) is 0 Å². The van der Waals surface area contributed by atoms with Crippen molar-refractivity contribution in [2.45, 2.75) is 33.2 Å². The molecule has 0 aromatic heterocycles. The summed E-state index contributed by atoms with van der Waals surface area (Å²) in [5, 5.41) is 0. The normalized spacial score (nSPS) is 11.2. The standard InChI is InChI=1S/C9H17NO2S/c1-7(11)10(9(2,3)4)8(12)6-13-5/h6H2,1-5H3. The van der Waals surface area contributed by atoms with E-state index in [-0.39, 0.29) is 11.8 Å². The van der Waals surface area contributed by atoms with Gasteiger partial charge in [0.1, 0.15) is 0 Å². The maximum absolute atomic E-state index is 11.5. The second-order valence-electron chi connectivity index (χ2n) is 3.85. The lowest BCUT2D eigenvalue weighted by Gasteiger charge is -2.32. The molecule has 0 heterocycles. The molecule has 0 N–H and O–H groups in total. The molecule has 0 bridgehead atoms. The molecule has 13 heavy (non-hydrogen) atoms. The van der Waals surface area contributed by atoms with Crippen LogP contribution in [0.1, 0.15) is 27.7 Å². The number of rotatable bonds is 2. The Balaban J connectivity index is 4.63.